The van der Waals surface area contributed by atoms with Crippen LogP contribution in [0.15, 0.2) is 12.7 Å². The van der Waals surface area contributed by atoms with Crippen LogP contribution in [0.5, 0.6) is 0 Å². The Balaban J connectivity index is 2.26. The normalized spacial score (nSPS) is 19.6. The van der Waals surface area contributed by atoms with Gasteiger partial charge in [-0.2, -0.15) is 0 Å². The maximum Gasteiger partial charge on any atom is 0.230 e. The van der Waals surface area contributed by atoms with Crippen molar-refractivity contribution in [1.82, 2.24) is 5.32 Å². The van der Waals surface area contributed by atoms with Crippen molar-refractivity contribution in [2.45, 2.75) is 76.7 Å². The van der Waals surface area contributed by atoms with Crippen LogP contribution < -0.4 is 5.32 Å². The topological polar surface area (TPSA) is 29.1 Å². The molecule has 0 unspecified atom stereocenters. The molecular formula is C17H31NOS. The van der Waals surface area contributed by atoms with Crippen LogP contribution in [0, 0.1) is 0 Å². The fourth-order valence-corrected chi connectivity index (χ4v) is 3.37. The van der Waals surface area contributed by atoms with Crippen LogP contribution in [0.25, 0.3) is 0 Å². The largest absolute Gasteiger partial charge is 0.353 e. The lowest BCUT2D eigenvalue weighted by molar-refractivity contribution is -0.119. The zero-order valence-corrected chi connectivity index (χ0v) is 13.7. The second-order valence-corrected chi connectivity index (χ2v) is 6.86. The maximum absolute atomic E-state index is 11.9. The van der Waals surface area contributed by atoms with Crippen molar-refractivity contribution in [2.24, 2.45) is 0 Å². The molecule has 0 aromatic carbocycles. The van der Waals surface area contributed by atoms with Crippen LogP contribution in [-0.2, 0) is 4.79 Å². The lowest BCUT2D eigenvalue weighted by Gasteiger charge is -2.19. The molecule has 1 amide bonds. The Morgan fingerprint density at radius 2 is 1.50 bits per heavy atom. The third kappa shape index (κ3) is 9.46. The molecular weight excluding hydrogens is 266 g/mol. The molecule has 1 rings (SSSR count). The molecule has 0 saturated heterocycles. The first-order chi connectivity index (χ1) is 9.83. The first kappa shape index (κ1) is 17.6. The molecule has 3 heteroatoms. The Bertz CT molecular complexity index is 256. The molecule has 0 radical (unpaired) electrons. The van der Waals surface area contributed by atoms with Gasteiger partial charge < -0.3 is 5.32 Å². The molecule has 1 N–H and O–H groups in total. The Labute approximate surface area is 129 Å². The average molecular weight is 298 g/mol. The molecule has 1 aliphatic carbocycles. The van der Waals surface area contributed by atoms with E-state index in [1.807, 2.05) is 6.08 Å². The zero-order chi connectivity index (χ0) is 14.5. The molecule has 0 aromatic rings. The molecule has 2 nitrogen and oxygen atoms in total. The summed E-state index contributed by atoms with van der Waals surface area (Å²) in [5.74, 6) is 1.63. The minimum absolute atomic E-state index is 0.203. The quantitative estimate of drug-likeness (QED) is 0.589. The highest BCUT2D eigenvalue weighted by atomic mass is 32.2. The van der Waals surface area contributed by atoms with Gasteiger partial charge in [0.1, 0.15) is 0 Å². The van der Waals surface area contributed by atoms with Crippen LogP contribution in [0.4, 0.5) is 0 Å². The van der Waals surface area contributed by atoms with E-state index in [0.717, 1.165) is 18.6 Å². The summed E-state index contributed by atoms with van der Waals surface area (Å²) in [4.78, 5) is 11.9. The van der Waals surface area contributed by atoms with Crippen molar-refractivity contribution in [3.8, 4) is 0 Å². The predicted octanol–water partition coefficient (Wildman–Crippen LogP) is 4.70. The monoisotopic (exact) mass is 297 g/mol. The van der Waals surface area contributed by atoms with E-state index in [2.05, 4.69) is 11.9 Å². The molecule has 1 saturated carbocycles. The summed E-state index contributed by atoms with van der Waals surface area (Å²) >= 11 is 1.64. The number of carbonyl (C=O) groups is 1. The van der Waals surface area contributed by atoms with Gasteiger partial charge in [-0.05, 0) is 12.8 Å². The second kappa shape index (κ2) is 12.3. The molecule has 1 fully saturated rings. The van der Waals surface area contributed by atoms with Crippen LogP contribution >= 0.6 is 11.8 Å². The van der Waals surface area contributed by atoms with Crippen molar-refractivity contribution in [1.29, 1.82) is 0 Å². The average Bonchev–Trinajstić information content (AvgIpc) is 2.42. The first-order valence-corrected chi connectivity index (χ1v) is 9.46. The Kier molecular flexibility index (Phi) is 10.8. The van der Waals surface area contributed by atoms with E-state index >= 15 is 0 Å². The van der Waals surface area contributed by atoms with E-state index in [1.165, 1.54) is 57.8 Å². The summed E-state index contributed by atoms with van der Waals surface area (Å²) in [6.07, 6.45) is 16.3. The smallest absolute Gasteiger partial charge is 0.230 e. The van der Waals surface area contributed by atoms with Gasteiger partial charge in [0.2, 0.25) is 5.91 Å². The number of amides is 1. The predicted molar refractivity (Wildman–Crippen MR) is 90.2 cm³/mol. The van der Waals surface area contributed by atoms with E-state index in [-0.39, 0.29) is 5.91 Å². The van der Waals surface area contributed by atoms with Crippen molar-refractivity contribution in [3.63, 3.8) is 0 Å². The van der Waals surface area contributed by atoms with E-state index in [9.17, 15) is 4.79 Å². The van der Waals surface area contributed by atoms with Crippen molar-refractivity contribution < 1.29 is 4.79 Å². The van der Waals surface area contributed by atoms with Gasteiger partial charge in [0.05, 0.1) is 5.75 Å². The summed E-state index contributed by atoms with van der Waals surface area (Å²) < 4.78 is 0. The van der Waals surface area contributed by atoms with Gasteiger partial charge in [-0.25, -0.2) is 0 Å². The van der Waals surface area contributed by atoms with Gasteiger partial charge in [0.25, 0.3) is 0 Å². The van der Waals surface area contributed by atoms with Crippen molar-refractivity contribution >= 4 is 17.7 Å². The number of rotatable bonds is 5. The Morgan fingerprint density at radius 1 is 1.00 bits per heavy atom. The number of hydrogen-bond donors (Lipinski definition) is 1. The zero-order valence-electron chi connectivity index (χ0n) is 12.9. The number of nitrogens with one attached hydrogen (secondary N) is 1. The molecule has 1 aliphatic rings. The van der Waals surface area contributed by atoms with Crippen LogP contribution in [-0.4, -0.2) is 23.5 Å². The third-order valence-corrected chi connectivity index (χ3v) is 4.88. The molecule has 116 valence electrons. The van der Waals surface area contributed by atoms with Gasteiger partial charge in [0, 0.05) is 11.8 Å². The minimum atomic E-state index is 0.203. The molecule has 0 atom stereocenters. The third-order valence-electron chi connectivity index (χ3n) is 3.94. The van der Waals surface area contributed by atoms with E-state index in [0.29, 0.717) is 11.8 Å². The summed E-state index contributed by atoms with van der Waals surface area (Å²) in [7, 11) is 0. The van der Waals surface area contributed by atoms with Gasteiger partial charge in [-0.1, -0.05) is 63.9 Å². The molecule has 0 bridgehead atoms. The highest BCUT2D eigenvalue weighted by Crippen LogP contribution is 2.17. The van der Waals surface area contributed by atoms with Gasteiger partial charge in [-0.3, -0.25) is 4.79 Å². The second-order valence-electron chi connectivity index (χ2n) is 5.83. The number of thioether (sulfide) groups is 1. The summed E-state index contributed by atoms with van der Waals surface area (Å²) in [6, 6.07) is 0.409. The Hall–Kier alpha value is -0.440. The lowest BCUT2D eigenvalue weighted by atomic mass is 9.98. The summed E-state index contributed by atoms with van der Waals surface area (Å²) in [5, 5.41) is 3.24. The fraction of sp³-hybridized carbons (Fsp3) is 0.824. The standard InChI is InChI=1S/C17H31NOS/c1-2-14-20-15-17(19)18-16-12-10-8-6-4-3-5-7-9-11-13-16/h2,16H,1,3-15H2,(H,18,19). The molecule has 0 aliphatic heterocycles. The van der Waals surface area contributed by atoms with E-state index in [1.54, 1.807) is 11.8 Å². The van der Waals surface area contributed by atoms with Crippen LogP contribution in [0.2, 0.25) is 0 Å². The lowest BCUT2D eigenvalue weighted by Crippen LogP contribution is -2.36. The SMILES string of the molecule is C=CCSCC(=O)NC1CCCCCCCCCCC1. The maximum atomic E-state index is 11.9. The molecule has 0 heterocycles. The van der Waals surface area contributed by atoms with Crippen molar-refractivity contribution in [3.05, 3.63) is 12.7 Å². The molecule has 0 spiro atoms. The number of carbonyl (C=O) groups excluding carboxylic acids is 1. The van der Waals surface area contributed by atoms with Crippen LogP contribution in [0.1, 0.15) is 70.6 Å². The minimum Gasteiger partial charge on any atom is -0.353 e. The molecule has 0 aromatic heterocycles. The summed E-state index contributed by atoms with van der Waals surface area (Å²) in [6.45, 7) is 3.68. The molecule has 20 heavy (non-hydrogen) atoms. The van der Waals surface area contributed by atoms with Crippen LogP contribution in [0.3, 0.4) is 0 Å². The fourth-order valence-electron chi connectivity index (χ4n) is 2.81. The van der Waals surface area contributed by atoms with E-state index < -0.39 is 0 Å². The Morgan fingerprint density at radius 3 is 2.00 bits per heavy atom. The first-order valence-electron chi connectivity index (χ1n) is 8.31. The van der Waals surface area contributed by atoms with Gasteiger partial charge in [-0.15, -0.1) is 18.3 Å². The van der Waals surface area contributed by atoms with Gasteiger partial charge >= 0.3 is 0 Å². The highest BCUT2D eigenvalue weighted by Gasteiger charge is 2.12. The van der Waals surface area contributed by atoms with Gasteiger partial charge in [0.15, 0.2) is 0 Å². The van der Waals surface area contributed by atoms with Crippen molar-refractivity contribution in [2.75, 3.05) is 11.5 Å². The van der Waals surface area contributed by atoms with E-state index in [4.69, 9.17) is 0 Å². The summed E-state index contributed by atoms with van der Waals surface area (Å²) in [5.41, 5.74) is 0. The number of hydrogen-bond acceptors (Lipinski definition) is 2. The highest BCUT2D eigenvalue weighted by molar-refractivity contribution is 8.00.